The van der Waals surface area contributed by atoms with Gasteiger partial charge in [-0.25, -0.2) is 9.67 Å². The Balaban J connectivity index is 1.67. The van der Waals surface area contributed by atoms with Crippen molar-refractivity contribution in [2.24, 2.45) is 0 Å². The topological polar surface area (TPSA) is 102 Å². The summed E-state index contributed by atoms with van der Waals surface area (Å²) in [7, 11) is 0. The number of ether oxygens (including phenoxy) is 2. The van der Waals surface area contributed by atoms with Crippen LogP contribution < -0.4 is 5.56 Å². The van der Waals surface area contributed by atoms with Crippen molar-refractivity contribution in [1.82, 2.24) is 19.7 Å². The molecule has 1 aliphatic rings. The van der Waals surface area contributed by atoms with Crippen molar-refractivity contribution in [1.29, 1.82) is 0 Å². The highest BCUT2D eigenvalue weighted by atomic mass is 32.2. The van der Waals surface area contributed by atoms with E-state index in [1.165, 1.54) is 22.6 Å². The van der Waals surface area contributed by atoms with E-state index in [-0.39, 0.29) is 18.5 Å². The van der Waals surface area contributed by atoms with Crippen molar-refractivity contribution < 1.29 is 14.6 Å². The maximum atomic E-state index is 12.0. The van der Waals surface area contributed by atoms with E-state index in [9.17, 15) is 4.79 Å². The minimum absolute atomic E-state index is 0.0515. The second-order valence-electron chi connectivity index (χ2n) is 4.86. The summed E-state index contributed by atoms with van der Waals surface area (Å²) in [5.41, 5.74) is 0.271. The second-order valence-corrected chi connectivity index (χ2v) is 5.95. The number of aromatic nitrogens is 4. The lowest BCUT2D eigenvalue weighted by atomic mass is 10.4. The van der Waals surface area contributed by atoms with Crippen LogP contribution in [0.5, 0.6) is 0 Å². The normalized spacial score (nSPS) is 16.4. The molecule has 0 spiro atoms. The van der Waals surface area contributed by atoms with Crippen LogP contribution >= 0.6 is 11.8 Å². The predicted octanol–water partition coefficient (Wildman–Crippen LogP) is 0.357. The minimum atomic E-state index is -0.221. The number of fused-ring (bicyclic) bond motifs is 1. The van der Waals surface area contributed by atoms with E-state index in [0.29, 0.717) is 22.7 Å². The van der Waals surface area contributed by atoms with Crippen LogP contribution in [0.1, 0.15) is 12.8 Å². The summed E-state index contributed by atoms with van der Waals surface area (Å²) in [6, 6.07) is 0. The van der Waals surface area contributed by atoms with Crippen LogP contribution in [0.15, 0.2) is 16.1 Å². The van der Waals surface area contributed by atoms with E-state index >= 15 is 0 Å². The number of aromatic amines is 1. The highest BCUT2D eigenvalue weighted by Gasteiger charge is 2.15. The number of aliphatic hydroxyl groups is 1. The lowest BCUT2D eigenvalue weighted by molar-refractivity contribution is -0.178. The van der Waals surface area contributed by atoms with Gasteiger partial charge in [-0.1, -0.05) is 11.8 Å². The Hall–Kier alpha value is -1.42. The molecule has 1 saturated heterocycles. The summed E-state index contributed by atoms with van der Waals surface area (Å²) in [6.07, 6.45) is 2.97. The summed E-state index contributed by atoms with van der Waals surface area (Å²) in [5, 5.41) is 14.0. The highest BCUT2D eigenvalue weighted by molar-refractivity contribution is 7.99. The number of rotatable bonds is 6. The van der Waals surface area contributed by atoms with Gasteiger partial charge in [0.05, 0.1) is 32.6 Å². The van der Waals surface area contributed by atoms with E-state index in [2.05, 4.69) is 15.1 Å². The molecule has 0 saturated carbocycles. The summed E-state index contributed by atoms with van der Waals surface area (Å²) < 4.78 is 12.5. The molecule has 0 aliphatic carbocycles. The molecule has 2 N–H and O–H groups in total. The summed E-state index contributed by atoms with van der Waals surface area (Å²) in [5.74, 6) is 0.729. The molecular weight excluding hydrogens is 308 g/mol. The number of thioether (sulfide) groups is 1. The highest BCUT2D eigenvalue weighted by Crippen LogP contribution is 2.18. The Kier molecular flexibility index (Phi) is 5.08. The van der Waals surface area contributed by atoms with Crippen LogP contribution in [0, 0.1) is 0 Å². The Morgan fingerprint density at radius 1 is 1.45 bits per heavy atom. The third kappa shape index (κ3) is 3.49. The molecule has 120 valence electrons. The molecule has 0 radical (unpaired) electrons. The number of nitrogens with one attached hydrogen (secondary N) is 1. The molecule has 0 bridgehead atoms. The second kappa shape index (κ2) is 7.23. The molecule has 2 aromatic heterocycles. The number of aliphatic hydroxyl groups excluding tert-OH is 1. The van der Waals surface area contributed by atoms with Crippen molar-refractivity contribution in [2.75, 3.05) is 25.6 Å². The van der Waals surface area contributed by atoms with E-state index in [1.807, 2.05) is 0 Å². The van der Waals surface area contributed by atoms with Crippen LogP contribution in [-0.2, 0) is 16.0 Å². The standard InChI is InChI=1S/C13H18N4O4S/c18-4-3-17-11-9(8-14-17)12(19)16-13(15-11)22-7-2-10-20-5-1-6-21-10/h8,10,18H,1-7H2,(H,15,16,19). The molecule has 3 heterocycles. The van der Waals surface area contributed by atoms with Gasteiger partial charge < -0.3 is 19.6 Å². The largest absolute Gasteiger partial charge is 0.394 e. The van der Waals surface area contributed by atoms with E-state index in [0.717, 1.165) is 31.8 Å². The first-order valence-electron chi connectivity index (χ1n) is 7.20. The summed E-state index contributed by atoms with van der Waals surface area (Å²) in [6.45, 7) is 1.73. The SMILES string of the molecule is O=c1[nH]c(SCCC2OCCCO2)nc2c1cnn2CCO. The van der Waals surface area contributed by atoms with Crippen molar-refractivity contribution in [3.05, 3.63) is 16.6 Å². The molecule has 8 nitrogen and oxygen atoms in total. The van der Waals surface area contributed by atoms with Gasteiger partial charge in [-0.3, -0.25) is 4.79 Å². The van der Waals surface area contributed by atoms with Gasteiger partial charge in [-0.2, -0.15) is 5.10 Å². The van der Waals surface area contributed by atoms with Gasteiger partial charge in [0, 0.05) is 12.2 Å². The molecule has 1 fully saturated rings. The summed E-state index contributed by atoms with van der Waals surface area (Å²) >= 11 is 1.44. The van der Waals surface area contributed by atoms with Crippen LogP contribution in [0.3, 0.4) is 0 Å². The first-order valence-corrected chi connectivity index (χ1v) is 8.19. The third-order valence-electron chi connectivity index (χ3n) is 3.28. The van der Waals surface area contributed by atoms with Crippen LogP contribution in [0.2, 0.25) is 0 Å². The van der Waals surface area contributed by atoms with Gasteiger partial charge in [0.2, 0.25) is 0 Å². The number of nitrogens with zero attached hydrogens (tertiary/aromatic N) is 3. The van der Waals surface area contributed by atoms with Crippen molar-refractivity contribution >= 4 is 22.8 Å². The molecule has 9 heteroatoms. The fourth-order valence-corrected chi connectivity index (χ4v) is 3.05. The van der Waals surface area contributed by atoms with Crippen molar-refractivity contribution in [3.63, 3.8) is 0 Å². The first kappa shape index (κ1) is 15.5. The molecule has 0 amide bonds. The van der Waals surface area contributed by atoms with Crippen molar-refractivity contribution in [3.8, 4) is 0 Å². The third-order valence-corrected chi connectivity index (χ3v) is 4.19. The summed E-state index contributed by atoms with van der Waals surface area (Å²) in [4.78, 5) is 19.2. The molecule has 0 unspecified atom stereocenters. The lowest BCUT2D eigenvalue weighted by Crippen LogP contribution is -2.25. The molecule has 0 aromatic carbocycles. The zero-order valence-corrected chi connectivity index (χ0v) is 12.8. The molecule has 3 rings (SSSR count). The molecule has 22 heavy (non-hydrogen) atoms. The Morgan fingerprint density at radius 2 is 2.27 bits per heavy atom. The van der Waals surface area contributed by atoms with Gasteiger partial charge >= 0.3 is 0 Å². The van der Waals surface area contributed by atoms with E-state index in [4.69, 9.17) is 14.6 Å². The molecule has 2 aromatic rings. The molecule has 1 aliphatic heterocycles. The van der Waals surface area contributed by atoms with Gasteiger partial charge in [-0.05, 0) is 6.42 Å². The van der Waals surface area contributed by atoms with E-state index in [1.54, 1.807) is 0 Å². The molecular formula is C13H18N4O4S. The van der Waals surface area contributed by atoms with Gasteiger partial charge in [0.15, 0.2) is 17.1 Å². The monoisotopic (exact) mass is 326 g/mol. The first-order chi connectivity index (χ1) is 10.8. The van der Waals surface area contributed by atoms with Gasteiger partial charge in [-0.15, -0.1) is 0 Å². The number of H-pyrrole nitrogens is 1. The van der Waals surface area contributed by atoms with Crippen molar-refractivity contribution in [2.45, 2.75) is 30.8 Å². The van der Waals surface area contributed by atoms with Crippen LogP contribution in [0.4, 0.5) is 0 Å². The van der Waals surface area contributed by atoms with E-state index < -0.39 is 0 Å². The number of hydrogen-bond donors (Lipinski definition) is 2. The smallest absolute Gasteiger partial charge is 0.262 e. The Morgan fingerprint density at radius 3 is 3.05 bits per heavy atom. The average Bonchev–Trinajstić information content (AvgIpc) is 2.93. The fourth-order valence-electron chi connectivity index (χ4n) is 2.23. The van der Waals surface area contributed by atoms with Gasteiger partial charge in [0.1, 0.15) is 5.39 Å². The van der Waals surface area contributed by atoms with Gasteiger partial charge in [0.25, 0.3) is 5.56 Å². The Bertz CT molecular complexity index is 680. The zero-order valence-electron chi connectivity index (χ0n) is 12.0. The average molecular weight is 326 g/mol. The predicted molar refractivity (Wildman–Crippen MR) is 80.9 cm³/mol. The fraction of sp³-hybridized carbons (Fsp3) is 0.615. The quantitative estimate of drug-likeness (QED) is 0.583. The molecule has 0 atom stereocenters. The number of hydrogen-bond acceptors (Lipinski definition) is 7. The maximum absolute atomic E-state index is 12.0. The Labute approximate surface area is 130 Å². The maximum Gasteiger partial charge on any atom is 0.262 e. The lowest BCUT2D eigenvalue weighted by Gasteiger charge is -2.22. The minimum Gasteiger partial charge on any atom is -0.394 e. The zero-order chi connectivity index (χ0) is 15.4. The van der Waals surface area contributed by atoms with Crippen LogP contribution in [-0.4, -0.2) is 56.7 Å². The van der Waals surface area contributed by atoms with Crippen LogP contribution in [0.25, 0.3) is 11.0 Å².